The zero-order valence-corrected chi connectivity index (χ0v) is 25.1. The van der Waals surface area contributed by atoms with Crippen molar-refractivity contribution in [3.05, 3.63) is 58.7 Å². The van der Waals surface area contributed by atoms with Crippen LogP contribution in [0.5, 0.6) is 0 Å². The molecule has 2 rings (SSSR count). The van der Waals surface area contributed by atoms with Gasteiger partial charge in [0.2, 0.25) is 0 Å². The van der Waals surface area contributed by atoms with E-state index in [1.54, 1.807) is 49.9 Å². The van der Waals surface area contributed by atoms with Crippen molar-refractivity contribution in [3.8, 4) is 11.8 Å². The predicted octanol–water partition coefficient (Wildman–Crippen LogP) is 4.55. The maximum Gasteiger partial charge on any atom is 0.413 e. The molecule has 0 heterocycles. The van der Waals surface area contributed by atoms with Crippen molar-refractivity contribution in [3.63, 3.8) is 0 Å². The van der Waals surface area contributed by atoms with E-state index in [1.807, 2.05) is 39.8 Å². The molecule has 0 aliphatic carbocycles. The Hall–Kier alpha value is -4.36. The number of ether oxygens (including phenoxy) is 3. The average molecular weight is 565 g/mol. The Morgan fingerprint density at radius 1 is 1.02 bits per heavy atom. The Morgan fingerprint density at radius 2 is 1.68 bits per heavy atom. The van der Waals surface area contributed by atoms with Crippen LogP contribution in [0.2, 0.25) is 0 Å². The minimum atomic E-state index is -0.674. The molecule has 0 radical (unpaired) electrons. The van der Waals surface area contributed by atoms with Crippen molar-refractivity contribution in [1.82, 2.24) is 5.32 Å². The van der Waals surface area contributed by atoms with Gasteiger partial charge in [-0.05, 0) is 96.0 Å². The second-order valence-corrected chi connectivity index (χ2v) is 10.6. The van der Waals surface area contributed by atoms with E-state index in [9.17, 15) is 14.4 Å². The highest BCUT2D eigenvalue weighted by Gasteiger charge is 2.22. The van der Waals surface area contributed by atoms with E-state index in [1.165, 1.54) is 7.11 Å². The first-order valence-electron chi connectivity index (χ1n) is 13.2. The number of carbonyl (C=O) groups excluding carboxylic acids is 3. The number of aryl methyl sites for hydroxylation is 2. The Kier molecular flexibility index (Phi) is 11.9. The summed E-state index contributed by atoms with van der Waals surface area (Å²) in [4.78, 5) is 37.7. The van der Waals surface area contributed by atoms with Gasteiger partial charge in [-0.1, -0.05) is 11.8 Å². The molecule has 0 aliphatic heterocycles. The van der Waals surface area contributed by atoms with Crippen LogP contribution in [0.25, 0.3) is 0 Å². The summed E-state index contributed by atoms with van der Waals surface area (Å²) in [6, 6.07) is 10.8. The van der Waals surface area contributed by atoms with Gasteiger partial charge in [-0.3, -0.25) is 15.5 Å². The van der Waals surface area contributed by atoms with Gasteiger partial charge in [0, 0.05) is 28.5 Å². The van der Waals surface area contributed by atoms with Crippen LogP contribution in [-0.4, -0.2) is 62.3 Å². The number of nitrogens with zero attached hydrogens (tertiary/aromatic N) is 1. The van der Waals surface area contributed by atoms with Crippen LogP contribution in [0.4, 0.5) is 16.2 Å². The van der Waals surface area contributed by atoms with Gasteiger partial charge in [-0.25, -0.2) is 9.59 Å². The lowest BCUT2D eigenvalue weighted by Crippen LogP contribution is -2.40. The van der Waals surface area contributed by atoms with E-state index in [0.29, 0.717) is 12.1 Å². The van der Waals surface area contributed by atoms with Gasteiger partial charge in [0.05, 0.1) is 13.7 Å². The lowest BCUT2D eigenvalue weighted by molar-refractivity contribution is -0.146. The smallest absolute Gasteiger partial charge is 0.413 e. The number of methoxy groups -OCH3 is 1. The summed E-state index contributed by atoms with van der Waals surface area (Å²) < 4.78 is 14.9. The number of alkyl carbamates (subject to hydrolysis) is 1. The normalized spacial score (nSPS) is 10.8. The maximum absolute atomic E-state index is 12.9. The van der Waals surface area contributed by atoms with Crippen LogP contribution in [0.1, 0.15) is 56.9 Å². The van der Waals surface area contributed by atoms with Crippen molar-refractivity contribution in [1.29, 1.82) is 5.41 Å². The first kappa shape index (κ1) is 32.8. The topological polar surface area (TPSA) is 130 Å². The molecule has 0 saturated heterocycles. The van der Waals surface area contributed by atoms with Crippen LogP contribution in [-0.2, 0) is 23.8 Å². The number of hydrogen-bond donors (Lipinski definition) is 3. The zero-order chi connectivity index (χ0) is 30.7. The van der Waals surface area contributed by atoms with Crippen LogP contribution in [0.15, 0.2) is 36.4 Å². The van der Waals surface area contributed by atoms with Gasteiger partial charge in [-0.2, -0.15) is 0 Å². The highest BCUT2D eigenvalue weighted by molar-refractivity contribution is 6.04. The lowest BCUT2D eigenvalue weighted by Gasteiger charge is -2.29. The number of rotatable bonds is 9. The molecule has 0 atom stereocenters. The van der Waals surface area contributed by atoms with E-state index in [0.717, 1.165) is 28.1 Å². The molecule has 2 aromatic carbocycles. The molecule has 0 fully saturated rings. The molecule has 0 unspecified atom stereocenters. The van der Waals surface area contributed by atoms with Gasteiger partial charge in [-0.15, -0.1) is 0 Å². The van der Waals surface area contributed by atoms with E-state index < -0.39 is 17.7 Å². The molecule has 41 heavy (non-hydrogen) atoms. The highest BCUT2D eigenvalue weighted by atomic mass is 16.6. The van der Waals surface area contributed by atoms with E-state index in [2.05, 4.69) is 27.2 Å². The molecule has 0 aromatic heterocycles. The fourth-order valence-electron chi connectivity index (χ4n) is 3.76. The minimum Gasteiger partial charge on any atom is -0.467 e. The van der Waals surface area contributed by atoms with Gasteiger partial charge < -0.3 is 24.4 Å². The number of amides is 2. The SMILES string of the molecule is COC(=O)COCC(=O)N(c1cc(C)c(C#CCNc2ccc(C(=N)NC(=O)OC(C)(C)C)cc2)cc1C)C(C)C. The molecule has 0 bridgehead atoms. The van der Waals surface area contributed by atoms with Gasteiger partial charge in [0.1, 0.15) is 24.7 Å². The molecule has 0 saturated carbocycles. The first-order chi connectivity index (χ1) is 19.2. The monoisotopic (exact) mass is 564 g/mol. The molecule has 10 heteroatoms. The average Bonchev–Trinajstić information content (AvgIpc) is 2.88. The van der Waals surface area contributed by atoms with Gasteiger partial charge >= 0.3 is 12.1 Å². The second-order valence-electron chi connectivity index (χ2n) is 10.6. The number of carbonyl (C=O) groups is 3. The standard InChI is InChI=1S/C31H40N4O6/c1-20(2)35(27(36)18-40-19-28(37)39-8)26-17-21(3)24(16-22(26)4)10-9-15-33-25-13-11-23(12-14-25)29(32)34-30(38)41-31(5,6)7/h11-14,16-17,20,33H,15,18-19H2,1-8H3,(H2,32,34,38). The number of benzene rings is 2. The zero-order valence-electron chi connectivity index (χ0n) is 25.1. The summed E-state index contributed by atoms with van der Waals surface area (Å²) in [6.45, 7) is 12.8. The Morgan fingerprint density at radius 3 is 2.27 bits per heavy atom. The quantitative estimate of drug-likeness (QED) is 0.176. The Balaban J connectivity index is 2.02. The number of amidine groups is 1. The van der Waals surface area contributed by atoms with Gasteiger partial charge in [0.15, 0.2) is 0 Å². The number of esters is 1. The van der Waals surface area contributed by atoms with Crippen LogP contribution < -0.4 is 15.5 Å². The molecule has 220 valence electrons. The number of nitrogens with one attached hydrogen (secondary N) is 3. The third-order valence-electron chi connectivity index (χ3n) is 5.66. The Labute approximate surface area is 242 Å². The molecule has 2 aromatic rings. The fraction of sp³-hybridized carbons (Fsp3) is 0.419. The second kappa shape index (κ2) is 14.9. The summed E-state index contributed by atoms with van der Waals surface area (Å²) in [5, 5.41) is 13.7. The van der Waals surface area contributed by atoms with Crippen LogP contribution in [0.3, 0.4) is 0 Å². The lowest BCUT2D eigenvalue weighted by atomic mass is 10.0. The first-order valence-corrected chi connectivity index (χ1v) is 13.2. The summed E-state index contributed by atoms with van der Waals surface area (Å²) in [6.07, 6.45) is -0.674. The van der Waals surface area contributed by atoms with E-state index in [-0.39, 0.29) is 31.0 Å². The Bertz CT molecular complexity index is 1320. The summed E-state index contributed by atoms with van der Waals surface area (Å²) in [7, 11) is 1.26. The van der Waals surface area contributed by atoms with E-state index in [4.69, 9.17) is 14.9 Å². The number of anilines is 2. The largest absolute Gasteiger partial charge is 0.467 e. The van der Waals surface area contributed by atoms with Gasteiger partial charge in [0.25, 0.3) is 5.91 Å². The molecule has 3 N–H and O–H groups in total. The fourth-order valence-corrected chi connectivity index (χ4v) is 3.76. The maximum atomic E-state index is 12.9. The molecule has 0 aliphatic rings. The third kappa shape index (κ3) is 10.6. The van der Waals surface area contributed by atoms with E-state index >= 15 is 0 Å². The molecular weight excluding hydrogens is 524 g/mol. The van der Waals surface area contributed by atoms with Crippen molar-refractivity contribution < 1.29 is 28.6 Å². The minimum absolute atomic E-state index is 0.0497. The van der Waals surface area contributed by atoms with Crippen molar-refractivity contribution in [2.24, 2.45) is 0 Å². The molecular formula is C31H40N4O6. The van der Waals surface area contributed by atoms with Crippen molar-refractivity contribution in [2.75, 3.05) is 37.1 Å². The summed E-state index contributed by atoms with van der Waals surface area (Å²) in [5.41, 5.74) is 4.14. The van der Waals surface area contributed by atoms with Crippen molar-refractivity contribution in [2.45, 2.75) is 60.1 Å². The third-order valence-corrected chi connectivity index (χ3v) is 5.66. The summed E-state index contributed by atoms with van der Waals surface area (Å²) in [5.74, 6) is 5.46. The predicted molar refractivity (Wildman–Crippen MR) is 159 cm³/mol. The van der Waals surface area contributed by atoms with Crippen LogP contribution >= 0.6 is 0 Å². The molecule has 2 amide bonds. The van der Waals surface area contributed by atoms with Crippen LogP contribution in [0, 0.1) is 31.1 Å². The summed E-state index contributed by atoms with van der Waals surface area (Å²) >= 11 is 0. The highest BCUT2D eigenvalue weighted by Crippen LogP contribution is 2.26. The molecule has 10 nitrogen and oxygen atoms in total. The van der Waals surface area contributed by atoms with Crippen molar-refractivity contribution >= 4 is 35.2 Å². The molecule has 0 spiro atoms. The number of hydrogen-bond acceptors (Lipinski definition) is 8.